The third kappa shape index (κ3) is 14.6. The van der Waals surface area contributed by atoms with Gasteiger partial charge >= 0.3 is 0 Å². The van der Waals surface area contributed by atoms with Gasteiger partial charge in [-0.1, -0.05) is 118 Å². The van der Waals surface area contributed by atoms with Crippen LogP contribution in [-0.4, -0.2) is 104 Å². The van der Waals surface area contributed by atoms with Crippen molar-refractivity contribution in [1.29, 1.82) is 0 Å². The Hall–Kier alpha value is -9.94. The SMILES string of the molecule is CCc1ncc(-c2cn(-c3cc(C(=O)Nc4cc(C(C)(C)C)cc(NS(C)(=O)=O)c4OC)ccc3C)nn2)n1Cc1ccccc1.CCn1c(-c2cn(-c3cc(C(=O)Nc4cc(C5(C)CC5)cc(NS(C)(=O)=O)c4OC)ccc3C)nn2)cnc1-c1ccccc1. The van der Waals surface area contributed by atoms with Gasteiger partial charge in [0.15, 0.2) is 11.5 Å². The number of rotatable bonds is 20. The zero-order chi connectivity index (χ0) is 65.2. The van der Waals surface area contributed by atoms with Gasteiger partial charge in [0, 0.05) is 36.2 Å². The maximum Gasteiger partial charge on any atom is 0.255 e. The third-order valence-electron chi connectivity index (χ3n) is 15.8. The molecule has 24 heteroatoms. The van der Waals surface area contributed by atoms with E-state index in [0.717, 1.165) is 88.2 Å². The van der Waals surface area contributed by atoms with Gasteiger partial charge in [0.05, 0.1) is 97.0 Å². The number of hydrogen-bond donors (Lipinski definition) is 4. The molecule has 0 spiro atoms. The number of ether oxygens (including phenoxy) is 2. The van der Waals surface area contributed by atoms with Gasteiger partial charge in [0.2, 0.25) is 20.0 Å². The Balaban J connectivity index is 0.000000200. The molecule has 1 fully saturated rings. The van der Waals surface area contributed by atoms with E-state index >= 15 is 0 Å². The average molecular weight is 1270 g/mol. The highest BCUT2D eigenvalue weighted by atomic mass is 32.2. The molecule has 472 valence electrons. The molecule has 2 amide bonds. The molecule has 22 nitrogen and oxygen atoms in total. The van der Waals surface area contributed by atoms with Crippen molar-refractivity contribution in [2.24, 2.45) is 0 Å². The topological polar surface area (TPSA) is 266 Å². The highest BCUT2D eigenvalue weighted by molar-refractivity contribution is 7.92. The van der Waals surface area contributed by atoms with Gasteiger partial charge in [0.1, 0.15) is 23.0 Å². The number of benzene rings is 6. The smallest absolute Gasteiger partial charge is 0.255 e. The number of methoxy groups -OCH3 is 2. The first-order chi connectivity index (χ1) is 43.3. The fourth-order valence-electron chi connectivity index (χ4n) is 10.6. The Morgan fingerprint density at radius 1 is 0.615 bits per heavy atom. The van der Waals surface area contributed by atoms with Crippen LogP contribution in [0.4, 0.5) is 22.7 Å². The lowest BCUT2D eigenvalue weighted by molar-refractivity contribution is 0.101. The Morgan fingerprint density at radius 3 is 1.57 bits per heavy atom. The number of nitrogens with one attached hydrogen (secondary N) is 4. The second kappa shape index (κ2) is 25.9. The van der Waals surface area contributed by atoms with E-state index in [9.17, 15) is 26.4 Å². The number of hydrogen-bond acceptors (Lipinski definition) is 14. The lowest BCUT2D eigenvalue weighted by Gasteiger charge is -2.24. The largest absolute Gasteiger partial charge is 0.492 e. The number of anilines is 4. The van der Waals surface area contributed by atoms with Crippen molar-refractivity contribution in [3.8, 4) is 57.0 Å². The summed E-state index contributed by atoms with van der Waals surface area (Å²) in [5, 5.41) is 23.6. The first kappa shape index (κ1) is 64.1. The third-order valence-corrected chi connectivity index (χ3v) is 17.0. The number of aromatic nitrogens is 10. The molecule has 11 rings (SSSR count). The van der Waals surface area contributed by atoms with Crippen molar-refractivity contribution in [1.82, 2.24) is 49.1 Å². The molecule has 1 aliphatic rings. The first-order valence-corrected chi connectivity index (χ1v) is 33.3. The van der Waals surface area contributed by atoms with Gasteiger partial charge in [-0.25, -0.2) is 36.2 Å². The molecular formula is C67H74N14O8S2. The number of sulfonamides is 2. The summed E-state index contributed by atoms with van der Waals surface area (Å²) < 4.78 is 72.3. The molecule has 0 atom stereocenters. The van der Waals surface area contributed by atoms with Crippen LogP contribution in [0.2, 0.25) is 0 Å². The normalized spacial score (nSPS) is 12.8. The van der Waals surface area contributed by atoms with Crippen LogP contribution in [0.3, 0.4) is 0 Å². The van der Waals surface area contributed by atoms with E-state index in [0.29, 0.717) is 58.4 Å². The summed E-state index contributed by atoms with van der Waals surface area (Å²) in [6.45, 7) is 17.5. The summed E-state index contributed by atoms with van der Waals surface area (Å²) in [5.74, 6) is 1.46. The Kier molecular flexibility index (Phi) is 18.2. The van der Waals surface area contributed by atoms with Crippen LogP contribution in [0.15, 0.2) is 146 Å². The molecule has 0 bridgehead atoms. The van der Waals surface area contributed by atoms with Crippen molar-refractivity contribution >= 4 is 54.6 Å². The number of imidazole rings is 2. The maximum absolute atomic E-state index is 13.7. The molecule has 4 heterocycles. The second-order valence-electron chi connectivity index (χ2n) is 23.8. The summed E-state index contributed by atoms with van der Waals surface area (Å²) >= 11 is 0. The van der Waals surface area contributed by atoms with Gasteiger partial charge in [-0.15, -0.1) is 10.2 Å². The standard InChI is InChI=1S/C34H39N7O4S.C33H35N7O4S/c1-8-31-35-19-30(40(31)20-23-12-10-9-11-13-23)28-21-41(39-37-28)29-16-24(15-14-22(29)2)33(42)36-26-17-25(34(3,4)5)18-27(32(26)45-6)38-46(7,43)44;1-6-39-29(19-34-31(39)22-10-8-7-9-11-22)27-20-40(38-36-27)28-16-23(13-12-21(28)2)32(41)35-25-17-24(33(3)14-15-33)18-26(30(25)44-4)37-45(5,42)43/h9-19,21,38H,8,20H2,1-7H3,(H,36,42);7-13,16-20,37H,6,14-15H2,1-5H3,(H,35,41). The lowest BCUT2D eigenvalue weighted by atomic mass is 9.86. The molecule has 1 saturated carbocycles. The lowest BCUT2D eigenvalue weighted by Crippen LogP contribution is -2.18. The zero-order valence-electron chi connectivity index (χ0n) is 52.9. The zero-order valence-corrected chi connectivity index (χ0v) is 54.6. The molecule has 91 heavy (non-hydrogen) atoms. The van der Waals surface area contributed by atoms with E-state index in [-0.39, 0.29) is 39.6 Å². The van der Waals surface area contributed by atoms with E-state index < -0.39 is 26.0 Å². The molecule has 4 aromatic heterocycles. The van der Waals surface area contributed by atoms with Crippen LogP contribution in [0.25, 0.3) is 45.5 Å². The van der Waals surface area contributed by atoms with E-state index in [1.807, 2.05) is 120 Å². The number of carbonyl (C=O) groups is 2. The highest BCUT2D eigenvalue weighted by Gasteiger charge is 2.40. The molecular weight excluding hydrogens is 1190 g/mol. The molecule has 10 aromatic rings. The predicted octanol–water partition coefficient (Wildman–Crippen LogP) is 11.8. The van der Waals surface area contributed by atoms with Gasteiger partial charge in [-0.3, -0.25) is 19.0 Å². The van der Waals surface area contributed by atoms with Crippen LogP contribution < -0.4 is 29.6 Å². The highest BCUT2D eigenvalue weighted by Crippen LogP contribution is 2.51. The van der Waals surface area contributed by atoms with Crippen molar-refractivity contribution in [2.75, 3.05) is 46.8 Å². The summed E-state index contributed by atoms with van der Waals surface area (Å²) in [4.78, 5) is 36.6. The van der Waals surface area contributed by atoms with Crippen molar-refractivity contribution in [2.45, 2.75) is 98.6 Å². The molecule has 4 N–H and O–H groups in total. The molecule has 0 radical (unpaired) electrons. The van der Waals surface area contributed by atoms with Crippen LogP contribution in [-0.2, 0) is 50.4 Å². The molecule has 0 aliphatic heterocycles. The quantitative estimate of drug-likeness (QED) is 0.0553. The monoisotopic (exact) mass is 1270 g/mol. The predicted molar refractivity (Wildman–Crippen MR) is 355 cm³/mol. The van der Waals surface area contributed by atoms with Crippen LogP contribution in [0.5, 0.6) is 11.5 Å². The Labute approximate surface area is 530 Å². The first-order valence-electron chi connectivity index (χ1n) is 29.6. The molecule has 0 unspecified atom stereocenters. The fraction of sp³-hybridized carbons (Fsp3) is 0.284. The van der Waals surface area contributed by atoms with Crippen molar-refractivity contribution < 1.29 is 35.9 Å². The van der Waals surface area contributed by atoms with E-state index in [1.54, 1.807) is 58.0 Å². The Morgan fingerprint density at radius 2 is 1.09 bits per heavy atom. The van der Waals surface area contributed by atoms with Gasteiger partial charge in [-0.2, -0.15) is 0 Å². The number of carbonyl (C=O) groups excluding carboxylic acids is 2. The molecule has 1 aliphatic carbocycles. The molecule has 0 saturated heterocycles. The van der Waals surface area contributed by atoms with E-state index in [2.05, 4.69) is 92.7 Å². The van der Waals surface area contributed by atoms with E-state index in [1.165, 1.54) is 14.2 Å². The minimum Gasteiger partial charge on any atom is -0.492 e. The van der Waals surface area contributed by atoms with Gasteiger partial charge in [-0.05, 0) is 121 Å². The van der Waals surface area contributed by atoms with E-state index in [4.69, 9.17) is 9.47 Å². The number of aryl methyl sites for hydroxylation is 3. The average Bonchev–Trinajstić information content (AvgIpc) is 1.78. The van der Waals surface area contributed by atoms with Crippen molar-refractivity contribution in [3.05, 3.63) is 191 Å². The maximum atomic E-state index is 13.7. The fourth-order valence-corrected chi connectivity index (χ4v) is 11.7. The second-order valence-corrected chi connectivity index (χ2v) is 27.3. The van der Waals surface area contributed by atoms with Gasteiger partial charge in [0.25, 0.3) is 11.8 Å². The van der Waals surface area contributed by atoms with Crippen molar-refractivity contribution in [3.63, 3.8) is 0 Å². The minimum absolute atomic E-state index is 0.0868. The van der Waals surface area contributed by atoms with Crippen LogP contribution in [0.1, 0.15) is 109 Å². The number of nitrogens with zero attached hydrogens (tertiary/aromatic N) is 10. The summed E-state index contributed by atoms with van der Waals surface area (Å²) in [6, 6.07) is 38.0. The van der Waals surface area contributed by atoms with Crippen LogP contribution in [0, 0.1) is 13.8 Å². The van der Waals surface area contributed by atoms with Crippen LogP contribution >= 0.6 is 0 Å². The van der Waals surface area contributed by atoms with Gasteiger partial charge < -0.3 is 29.2 Å². The minimum atomic E-state index is -3.61. The summed E-state index contributed by atoms with van der Waals surface area (Å²) in [7, 11) is -4.33. The summed E-state index contributed by atoms with van der Waals surface area (Å²) in [6.07, 6.45) is 12.1. The number of amides is 2. The summed E-state index contributed by atoms with van der Waals surface area (Å²) in [5.41, 5.74) is 11.7. The molecule has 6 aromatic carbocycles. The Bertz CT molecular complexity index is 4580.